The first-order valence-corrected chi connectivity index (χ1v) is 2.75. The van der Waals surface area contributed by atoms with E-state index in [9.17, 15) is 0 Å². The summed E-state index contributed by atoms with van der Waals surface area (Å²) in [7, 11) is 0. The molecule has 0 bridgehead atoms. The van der Waals surface area contributed by atoms with Crippen LogP contribution >= 0.6 is 0 Å². The van der Waals surface area contributed by atoms with Gasteiger partial charge in [-0.25, -0.2) is 4.98 Å². The maximum Gasteiger partial charge on any atom is 0.131 e. The van der Waals surface area contributed by atoms with Gasteiger partial charge in [0.15, 0.2) is 0 Å². The molecule has 0 saturated carbocycles. The predicted octanol–water partition coefficient (Wildman–Crippen LogP) is -0.378. The lowest BCUT2D eigenvalue weighted by molar-refractivity contribution is 0.185. The minimum absolute atomic E-state index is 0.566. The highest BCUT2D eigenvalue weighted by atomic mass is 16.5. The molecule has 0 atom stereocenters. The molecule has 0 spiro atoms. The Morgan fingerprint density at radius 3 is 3.00 bits per heavy atom. The van der Waals surface area contributed by atoms with E-state index in [0.717, 1.165) is 10.4 Å². The number of nitrogens with two attached hydrogens (primary N) is 1. The Kier molecular flexibility index (Phi) is 1.69. The predicted molar refractivity (Wildman–Crippen MR) is 32.2 cm³/mol. The molecule has 0 fully saturated rings. The molecule has 0 unspecified atom stereocenters. The van der Waals surface area contributed by atoms with E-state index in [0.29, 0.717) is 13.0 Å². The minimum Gasteiger partial charge on any atom is -0.427 e. The molecule has 0 radical (unpaired) electrons. The summed E-state index contributed by atoms with van der Waals surface area (Å²) in [6.07, 6.45) is 3.59. The standard InChI is InChI=1S/C5H9N3O/c6-2-1-5-3-8(9)4-7-5/h3-4,9H,1-2,6H2. The van der Waals surface area contributed by atoms with Crippen molar-refractivity contribution in [3.05, 3.63) is 18.2 Å². The quantitative estimate of drug-likeness (QED) is 0.532. The summed E-state index contributed by atoms with van der Waals surface area (Å²) in [5, 5.41) is 8.69. The summed E-state index contributed by atoms with van der Waals surface area (Å²) in [4.78, 5) is 3.84. The van der Waals surface area contributed by atoms with E-state index in [2.05, 4.69) is 4.98 Å². The molecule has 0 aliphatic carbocycles. The van der Waals surface area contributed by atoms with Gasteiger partial charge in [0.25, 0.3) is 0 Å². The molecule has 3 N–H and O–H groups in total. The zero-order valence-corrected chi connectivity index (χ0v) is 4.99. The van der Waals surface area contributed by atoms with Gasteiger partial charge in [0.1, 0.15) is 6.33 Å². The van der Waals surface area contributed by atoms with Gasteiger partial charge in [0.2, 0.25) is 0 Å². The van der Waals surface area contributed by atoms with Gasteiger partial charge in [-0.2, -0.15) is 4.73 Å². The molecule has 1 aromatic rings. The topological polar surface area (TPSA) is 64.1 Å². The van der Waals surface area contributed by atoms with Gasteiger partial charge in [0.05, 0.1) is 11.9 Å². The van der Waals surface area contributed by atoms with Crippen LogP contribution < -0.4 is 5.73 Å². The third-order valence-corrected chi connectivity index (χ3v) is 1.02. The van der Waals surface area contributed by atoms with E-state index >= 15 is 0 Å². The molecular weight excluding hydrogens is 118 g/mol. The third-order valence-electron chi connectivity index (χ3n) is 1.02. The van der Waals surface area contributed by atoms with Crippen LogP contribution in [-0.2, 0) is 6.42 Å². The Bertz CT molecular complexity index is 184. The van der Waals surface area contributed by atoms with Crippen molar-refractivity contribution in [3.63, 3.8) is 0 Å². The lowest BCUT2D eigenvalue weighted by Crippen LogP contribution is -2.02. The van der Waals surface area contributed by atoms with E-state index in [-0.39, 0.29) is 0 Å². The van der Waals surface area contributed by atoms with Crippen LogP contribution in [0, 0.1) is 0 Å². The summed E-state index contributed by atoms with van der Waals surface area (Å²) in [6.45, 7) is 0.566. The summed E-state index contributed by atoms with van der Waals surface area (Å²) in [5.41, 5.74) is 6.06. The van der Waals surface area contributed by atoms with Gasteiger partial charge >= 0.3 is 0 Å². The molecule has 1 aromatic heterocycles. The fourth-order valence-electron chi connectivity index (χ4n) is 0.630. The summed E-state index contributed by atoms with van der Waals surface area (Å²) < 4.78 is 0.922. The lowest BCUT2D eigenvalue weighted by Gasteiger charge is -1.86. The molecular formula is C5H9N3O. The molecule has 1 heterocycles. The van der Waals surface area contributed by atoms with Crippen LogP contribution in [0.5, 0.6) is 0 Å². The van der Waals surface area contributed by atoms with Gasteiger partial charge in [-0.1, -0.05) is 0 Å². The van der Waals surface area contributed by atoms with Crippen LogP contribution in [0.1, 0.15) is 5.69 Å². The molecule has 1 rings (SSSR count). The smallest absolute Gasteiger partial charge is 0.131 e. The minimum atomic E-state index is 0.566. The van der Waals surface area contributed by atoms with E-state index in [1.807, 2.05) is 0 Å². The first kappa shape index (κ1) is 6.10. The Hall–Kier alpha value is -1.03. The SMILES string of the molecule is NCCc1cn(O)cn1. The normalized spacial score (nSPS) is 9.89. The summed E-state index contributed by atoms with van der Waals surface area (Å²) in [6, 6.07) is 0. The maximum absolute atomic E-state index is 8.69. The van der Waals surface area contributed by atoms with Crippen LogP contribution in [0.2, 0.25) is 0 Å². The molecule has 50 valence electrons. The zero-order chi connectivity index (χ0) is 6.69. The summed E-state index contributed by atoms with van der Waals surface area (Å²) in [5.74, 6) is 0. The van der Waals surface area contributed by atoms with E-state index in [4.69, 9.17) is 10.9 Å². The highest BCUT2D eigenvalue weighted by Gasteiger charge is 1.93. The fourth-order valence-corrected chi connectivity index (χ4v) is 0.630. The Morgan fingerprint density at radius 1 is 1.78 bits per heavy atom. The molecule has 4 nitrogen and oxygen atoms in total. The average Bonchev–Trinajstić information content (AvgIpc) is 2.17. The van der Waals surface area contributed by atoms with Crippen molar-refractivity contribution in [3.8, 4) is 0 Å². The first-order chi connectivity index (χ1) is 4.33. The number of hydrogen-bond donors (Lipinski definition) is 2. The number of nitrogens with zero attached hydrogens (tertiary/aromatic N) is 2. The second-order valence-electron chi connectivity index (χ2n) is 1.78. The number of rotatable bonds is 2. The monoisotopic (exact) mass is 127 g/mol. The van der Waals surface area contributed by atoms with Gasteiger partial charge in [-0.05, 0) is 6.54 Å². The van der Waals surface area contributed by atoms with E-state index < -0.39 is 0 Å². The highest BCUT2D eigenvalue weighted by molar-refractivity contribution is 4.95. The van der Waals surface area contributed by atoms with Gasteiger partial charge in [-0.15, -0.1) is 0 Å². The first-order valence-electron chi connectivity index (χ1n) is 2.75. The second-order valence-corrected chi connectivity index (χ2v) is 1.78. The summed E-state index contributed by atoms with van der Waals surface area (Å²) >= 11 is 0. The number of hydrogen-bond acceptors (Lipinski definition) is 3. The van der Waals surface area contributed by atoms with Crippen molar-refractivity contribution < 1.29 is 5.21 Å². The zero-order valence-electron chi connectivity index (χ0n) is 4.99. The molecule has 0 saturated heterocycles. The van der Waals surface area contributed by atoms with Crippen molar-refractivity contribution in [2.24, 2.45) is 5.73 Å². The fraction of sp³-hybridized carbons (Fsp3) is 0.400. The largest absolute Gasteiger partial charge is 0.427 e. The van der Waals surface area contributed by atoms with Crippen LogP contribution in [0.25, 0.3) is 0 Å². The Labute approximate surface area is 52.9 Å². The Morgan fingerprint density at radius 2 is 2.56 bits per heavy atom. The maximum atomic E-state index is 8.69. The average molecular weight is 127 g/mol. The molecule has 0 aromatic carbocycles. The third kappa shape index (κ3) is 1.43. The van der Waals surface area contributed by atoms with Gasteiger partial charge < -0.3 is 10.9 Å². The molecule has 0 aliphatic heterocycles. The van der Waals surface area contributed by atoms with Crippen LogP contribution in [-0.4, -0.2) is 21.5 Å². The van der Waals surface area contributed by atoms with Crippen molar-refractivity contribution in [1.82, 2.24) is 9.71 Å². The van der Waals surface area contributed by atoms with Gasteiger partial charge in [-0.3, -0.25) is 0 Å². The van der Waals surface area contributed by atoms with Crippen LogP contribution in [0.15, 0.2) is 12.5 Å². The number of imidazole rings is 1. The van der Waals surface area contributed by atoms with E-state index in [1.54, 1.807) is 0 Å². The van der Waals surface area contributed by atoms with Crippen molar-refractivity contribution >= 4 is 0 Å². The van der Waals surface area contributed by atoms with Crippen molar-refractivity contribution in [1.29, 1.82) is 0 Å². The highest BCUT2D eigenvalue weighted by Crippen LogP contribution is 1.91. The van der Waals surface area contributed by atoms with Gasteiger partial charge in [0, 0.05) is 6.42 Å². The van der Waals surface area contributed by atoms with E-state index in [1.165, 1.54) is 12.5 Å². The van der Waals surface area contributed by atoms with Crippen LogP contribution in [0.3, 0.4) is 0 Å². The Balaban J connectivity index is 2.61. The molecule has 9 heavy (non-hydrogen) atoms. The molecule has 0 aliphatic rings. The molecule has 4 heteroatoms. The van der Waals surface area contributed by atoms with Crippen molar-refractivity contribution in [2.45, 2.75) is 6.42 Å². The van der Waals surface area contributed by atoms with Crippen LogP contribution in [0.4, 0.5) is 0 Å². The molecule has 0 amide bonds. The van der Waals surface area contributed by atoms with Crippen molar-refractivity contribution in [2.75, 3.05) is 6.54 Å². The number of aromatic nitrogens is 2. The second kappa shape index (κ2) is 2.50. The lowest BCUT2D eigenvalue weighted by atomic mass is 10.3.